The van der Waals surface area contributed by atoms with Crippen LogP contribution in [0.5, 0.6) is 0 Å². The first kappa shape index (κ1) is 21.2. The van der Waals surface area contributed by atoms with Gasteiger partial charge in [-0.3, -0.25) is 4.98 Å². The summed E-state index contributed by atoms with van der Waals surface area (Å²) in [7, 11) is 0. The Balaban J connectivity index is 1.68. The number of hydrogen-bond donors (Lipinski definition) is 0. The predicted molar refractivity (Wildman–Crippen MR) is 122 cm³/mol. The van der Waals surface area contributed by atoms with Gasteiger partial charge >= 0.3 is 0 Å². The number of rotatable bonds is 10. The molecule has 0 amide bonds. The molecule has 1 nitrogen and oxygen atoms in total. The highest BCUT2D eigenvalue weighted by molar-refractivity contribution is 5.67. The summed E-state index contributed by atoms with van der Waals surface area (Å²) in [6.45, 7) is 4.41. The number of aryl methyl sites for hydroxylation is 2. The van der Waals surface area contributed by atoms with E-state index in [1.165, 1.54) is 37.7 Å². The van der Waals surface area contributed by atoms with Gasteiger partial charge in [0.05, 0.1) is 5.69 Å². The normalized spacial score (nSPS) is 11.0. The van der Waals surface area contributed by atoms with E-state index in [4.69, 9.17) is 0 Å². The summed E-state index contributed by atoms with van der Waals surface area (Å²) in [5, 5.41) is 0. The molecule has 1 heterocycles. The van der Waals surface area contributed by atoms with Crippen molar-refractivity contribution in [2.24, 2.45) is 0 Å². The van der Waals surface area contributed by atoms with E-state index in [1.54, 1.807) is 6.07 Å². The molecule has 0 unspecified atom stereocenters. The first-order valence-corrected chi connectivity index (χ1v) is 11.1. The smallest absolute Gasteiger partial charge is 0.132 e. The van der Waals surface area contributed by atoms with E-state index in [-0.39, 0.29) is 5.82 Å². The maximum Gasteiger partial charge on any atom is 0.132 e. The molecular weight excluding hydrogens is 357 g/mol. The van der Waals surface area contributed by atoms with Crippen molar-refractivity contribution in [3.63, 3.8) is 0 Å². The summed E-state index contributed by atoms with van der Waals surface area (Å²) < 4.78 is 14.6. The molecule has 2 heteroatoms. The Bertz CT molecular complexity index is 881. The van der Waals surface area contributed by atoms with Gasteiger partial charge in [0.25, 0.3) is 0 Å². The molecule has 0 bridgehead atoms. The third-order valence-electron chi connectivity index (χ3n) is 5.50. The van der Waals surface area contributed by atoms with Gasteiger partial charge in [0, 0.05) is 17.3 Å². The lowest BCUT2D eigenvalue weighted by Gasteiger charge is -2.08. The Morgan fingerprint density at radius 2 is 1.31 bits per heavy atom. The molecular formula is C27H32FN. The minimum absolute atomic E-state index is 0.185. The van der Waals surface area contributed by atoms with Crippen LogP contribution in [-0.2, 0) is 12.8 Å². The van der Waals surface area contributed by atoms with Crippen molar-refractivity contribution < 1.29 is 4.39 Å². The predicted octanol–water partition coefficient (Wildman–Crippen LogP) is 8.02. The highest BCUT2D eigenvalue weighted by Crippen LogP contribution is 2.26. The zero-order chi connectivity index (χ0) is 20.5. The second kappa shape index (κ2) is 10.9. The van der Waals surface area contributed by atoms with E-state index < -0.39 is 0 Å². The van der Waals surface area contributed by atoms with Crippen molar-refractivity contribution >= 4 is 0 Å². The number of hydrogen-bond acceptors (Lipinski definition) is 1. The number of halogens is 1. The molecule has 0 saturated carbocycles. The lowest BCUT2D eigenvalue weighted by atomic mass is 10.0. The maximum absolute atomic E-state index is 14.6. The van der Waals surface area contributed by atoms with Gasteiger partial charge in [0.2, 0.25) is 0 Å². The van der Waals surface area contributed by atoms with Crippen molar-refractivity contribution in [3.8, 4) is 22.4 Å². The molecule has 0 radical (unpaired) electrons. The van der Waals surface area contributed by atoms with Crippen molar-refractivity contribution in [2.75, 3.05) is 0 Å². The third-order valence-corrected chi connectivity index (χ3v) is 5.50. The molecule has 0 spiro atoms. The van der Waals surface area contributed by atoms with Crippen LogP contribution in [0, 0.1) is 5.82 Å². The maximum atomic E-state index is 14.6. The van der Waals surface area contributed by atoms with Crippen LogP contribution in [-0.4, -0.2) is 4.98 Å². The Morgan fingerprint density at radius 3 is 1.90 bits per heavy atom. The largest absolute Gasteiger partial charge is 0.256 e. The van der Waals surface area contributed by atoms with Gasteiger partial charge in [-0.2, -0.15) is 0 Å². The lowest BCUT2D eigenvalue weighted by Crippen LogP contribution is -1.92. The summed E-state index contributed by atoms with van der Waals surface area (Å²) in [5.74, 6) is -0.185. The van der Waals surface area contributed by atoms with E-state index in [1.807, 2.05) is 30.5 Å². The van der Waals surface area contributed by atoms with Crippen LogP contribution in [0.2, 0.25) is 0 Å². The first-order valence-electron chi connectivity index (χ1n) is 11.1. The van der Waals surface area contributed by atoms with Crippen LogP contribution in [0.3, 0.4) is 0 Å². The van der Waals surface area contributed by atoms with Gasteiger partial charge in [0.15, 0.2) is 0 Å². The first-order chi connectivity index (χ1) is 14.2. The second-order valence-corrected chi connectivity index (χ2v) is 7.86. The van der Waals surface area contributed by atoms with Crippen LogP contribution in [0.15, 0.2) is 60.8 Å². The molecule has 152 valence electrons. The summed E-state index contributed by atoms with van der Waals surface area (Å²) in [5.41, 5.74) is 5.91. The van der Waals surface area contributed by atoms with Crippen molar-refractivity contribution in [3.05, 3.63) is 77.7 Å². The summed E-state index contributed by atoms with van der Waals surface area (Å²) >= 11 is 0. The average Bonchev–Trinajstić information content (AvgIpc) is 2.75. The molecule has 0 saturated heterocycles. The second-order valence-electron chi connectivity index (χ2n) is 7.86. The summed E-state index contributed by atoms with van der Waals surface area (Å²) in [6.07, 6.45) is 11.2. The van der Waals surface area contributed by atoms with Crippen molar-refractivity contribution in [1.29, 1.82) is 0 Å². The highest BCUT2D eigenvalue weighted by atomic mass is 19.1. The standard InChI is InChI=1S/C27H32FN/c1-3-5-7-9-21-11-14-23(15-12-21)24-16-18-27(29-20-24)25-17-13-22(19-26(25)28)10-8-6-4-2/h11-20H,3-10H2,1-2H3. The number of nitrogens with zero attached hydrogens (tertiary/aromatic N) is 1. The molecule has 3 aromatic rings. The lowest BCUT2D eigenvalue weighted by molar-refractivity contribution is 0.626. The van der Waals surface area contributed by atoms with Crippen LogP contribution in [0.1, 0.15) is 63.5 Å². The monoisotopic (exact) mass is 389 g/mol. The molecule has 0 atom stereocenters. The quantitative estimate of drug-likeness (QED) is 0.320. The van der Waals surface area contributed by atoms with Gasteiger partial charge in [0.1, 0.15) is 5.82 Å². The average molecular weight is 390 g/mol. The molecule has 0 aliphatic carbocycles. The van der Waals surface area contributed by atoms with Crippen LogP contribution < -0.4 is 0 Å². The Kier molecular flexibility index (Phi) is 7.98. The minimum Gasteiger partial charge on any atom is -0.256 e. The Labute approximate surface area is 175 Å². The van der Waals surface area contributed by atoms with E-state index in [0.29, 0.717) is 11.3 Å². The number of unbranched alkanes of at least 4 members (excludes halogenated alkanes) is 4. The van der Waals surface area contributed by atoms with E-state index in [2.05, 4.69) is 43.1 Å². The van der Waals surface area contributed by atoms with Gasteiger partial charge < -0.3 is 0 Å². The van der Waals surface area contributed by atoms with E-state index in [9.17, 15) is 4.39 Å². The summed E-state index contributed by atoms with van der Waals surface area (Å²) in [6, 6.07) is 18.2. The zero-order valence-corrected chi connectivity index (χ0v) is 17.8. The number of pyridine rings is 1. The Morgan fingerprint density at radius 1 is 0.690 bits per heavy atom. The molecule has 29 heavy (non-hydrogen) atoms. The minimum atomic E-state index is -0.185. The van der Waals surface area contributed by atoms with Crippen molar-refractivity contribution in [2.45, 2.75) is 65.2 Å². The van der Waals surface area contributed by atoms with Crippen molar-refractivity contribution in [1.82, 2.24) is 4.98 Å². The number of aromatic nitrogens is 1. The molecule has 0 fully saturated rings. The molecule has 0 N–H and O–H groups in total. The molecule has 1 aromatic heterocycles. The van der Waals surface area contributed by atoms with Crippen LogP contribution in [0.4, 0.5) is 4.39 Å². The topological polar surface area (TPSA) is 12.9 Å². The fraction of sp³-hybridized carbons (Fsp3) is 0.370. The molecule has 2 aromatic carbocycles. The highest BCUT2D eigenvalue weighted by Gasteiger charge is 2.08. The third kappa shape index (κ3) is 6.00. The fourth-order valence-corrected chi connectivity index (χ4v) is 3.67. The Hall–Kier alpha value is -2.48. The zero-order valence-electron chi connectivity index (χ0n) is 17.8. The fourth-order valence-electron chi connectivity index (χ4n) is 3.67. The SMILES string of the molecule is CCCCCc1ccc(-c2ccc(-c3ccc(CCCCC)cc3F)nc2)cc1. The molecule has 0 aliphatic rings. The van der Waals surface area contributed by atoms with Gasteiger partial charge in [-0.1, -0.05) is 75.9 Å². The van der Waals surface area contributed by atoms with Crippen LogP contribution in [0.25, 0.3) is 22.4 Å². The molecule has 0 aliphatic heterocycles. The number of benzene rings is 2. The van der Waals surface area contributed by atoms with E-state index in [0.717, 1.165) is 36.0 Å². The van der Waals surface area contributed by atoms with E-state index >= 15 is 0 Å². The summed E-state index contributed by atoms with van der Waals surface area (Å²) in [4.78, 5) is 4.53. The van der Waals surface area contributed by atoms with Gasteiger partial charge in [-0.05, 0) is 60.6 Å². The molecule has 3 rings (SSSR count). The van der Waals surface area contributed by atoms with Crippen LogP contribution >= 0.6 is 0 Å². The van der Waals surface area contributed by atoms with Gasteiger partial charge in [-0.25, -0.2) is 4.39 Å². The van der Waals surface area contributed by atoms with Gasteiger partial charge in [-0.15, -0.1) is 0 Å².